The average molecular weight is 440 g/mol. The number of nitrogens with zero attached hydrogens (tertiary/aromatic N) is 2. The number of rotatable bonds is 8. The van der Waals surface area contributed by atoms with Gasteiger partial charge in [-0.25, -0.2) is 4.79 Å². The third-order valence-corrected chi connectivity index (χ3v) is 5.14. The molecule has 0 aliphatic carbocycles. The molecule has 0 saturated heterocycles. The molecule has 0 fully saturated rings. The van der Waals surface area contributed by atoms with Crippen molar-refractivity contribution in [1.82, 2.24) is 15.5 Å². The van der Waals surface area contributed by atoms with E-state index >= 15 is 0 Å². The maximum absolute atomic E-state index is 12.3. The van der Waals surface area contributed by atoms with Crippen molar-refractivity contribution in [2.45, 2.75) is 57.9 Å². The van der Waals surface area contributed by atoms with Crippen LogP contribution in [-0.4, -0.2) is 33.4 Å². The van der Waals surface area contributed by atoms with Gasteiger partial charge >= 0.3 is 6.09 Å². The summed E-state index contributed by atoms with van der Waals surface area (Å²) in [5.41, 5.74) is -0.0483. The van der Waals surface area contributed by atoms with E-state index in [1.54, 1.807) is 45.0 Å². The highest BCUT2D eigenvalue weighted by Crippen LogP contribution is 2.27. The number of hydrogen-bond acceptors (Lipinski definition) is 7. The molecule has 1 aromatic carbocycles. The molecule has 0 aliphatic heterocycles. The highest BCUT2D eigenvalue weighted by atomic mass is 35.5. The van der Waals surface area contributed by atoms with E-state index in [4.69, 9.17) is 20.8 Å². The number of alkyl carbamates (subject to hydrolysis) is 1. The van der Waals surface area contributed by atoms with Gasteiger partial charge in [0.05, 0.1) is 5.75 Å². The van der Waals surface area contributed by atoms with E-state index < -0.39 is 17.7 Å². The van der Waals surface area contributed by atoms with Crippen molar-refractivity contribution in [3.8, 4) is 0 Å². The lowest BCUT2D eigenvalue weighted by atomic mass is 9.99. The summed E-state index contributed by atoms with van der Waals surface area (Å²) in [5, 5.41) is 11.7. The van der Waals surface area contributed by atoms with Crippen molar-refractivity contribution in [2.24, 2.45) is 5.92 Å². The van der Waals surface area contributed by atoms with Crippen molar-refractivity contribution in [2.75, 3.05) is 5.75 Å². The van der Waals surface area contributed by atoms with Gasteiger partial charge in [-0.1, -0.05) is 43.6 Å². The zero-order valence-electron chi connectivity index (χ0n) is 17.2. The maximum Gasteiger partial charge on any atom is 0.408 e. The fraction of sp³-hybridized carbons (Fsp3) is 0.500. The van der Waals surface area contributed by atoms with Crippen LogP contribution in [0.4, 0.5) is 4.79 Å². The second-order valence-corrected chi connectivity index (χ2v) is 9.00. The fourth-order valence-corrected chi connectivity index (χ4v) is 3.16. The molecule has 7 nitrogen and oxygen atoms in total. The number of ketones is 1. The average Bonchev–Trinajstić information content (AvgIpc) is 3.11. The second kappa shape index (κ2) is 10.1. The Morgan fingerprint density at radius 1 is 1.24 bits per heavy atom. The highest BCUT2D eigenvalue weighted by Gasteiger charge is 2.28. The van der Waals surface area contributed by atoms with Crippen LogP contribution in [0.3, 0.4) is 0 Å². The number of ether oxygens (including phenoxy) is 1. The lowest BCUT2D eigenvalue weighted by Gasteiger charge is -2.24. The van der Waals surface area contributed by atoms with E-state index in [0.717, 1.165) is 18.2 Å². The van der Waals surface area contributed by atoms with Crippen LogP contribution in [0.1, 0.15) is 63.3 Å². The van der Waals surface area contributed by atoms with Gasteiger partial charge in [0, 0.05) is 10.6 Å². The lowest BCUT2D eigenvalue weighted by Crippen LogP contribution is -2.37. The molecule has 9 heteroatoms. The van der Waals surface area contributed by atoms with Crippen LogP contribution in [0.5, 0.6) is 0 Å². The number of Topliss-reactive ketones (excluding diaryl/α,β-unsaturated/α-hetero) is 1. The van der Waals surface area contributed by atoms with Gasteiger partial charge in [-0.2, -0.15) is 0 Å². The van der Waals surface area contributed by atoms with Gasteiger partial charge in [0.25, 0.3) is 5.22 Å². The minimum atomic E-state index is -0.609. The van der Waals surface area contributed by atoms with Gasteiger partial charge in [-0.05, 0) is 51.0 Å². The third-order valence-electron chi connectivity index (χ3n) is 4.07. The van der Waals surface area contributed by atoms with Crippen LogP contribution in [0.2, 0.25) is 5.02 Å². The molecule has 1 aromatic heterocycles. The van der Waals surface area contributed by atoms with Crippen molar-refractivity contribution in [1.29, 1.82) is 0 Å². The topological polar surface area (TPSA) is 94.3 Å². The Morgan fingerprint density at radius 2 is 1.90 bits per heavy atom. The zero-order chi connectivity index (χ0) is 21.6. The lowest BCUT2D eigenvalue weighted by molar-refractivity contribution is 0.0473. The summed E-state index contributed by atoms with van der Waals surface area (Å²) in [4.78, 5) is 24.5. The Kier molecular flexibility index (Phi) is 8.10. The number of aromatic nitrogens is 2. The molecular weight excluding hydrogens is 414 g/mol. The fourth-order valence-electron chi connectivity index (χ4n) is 2.37. The number of benzene rings is 1. The standard InChI is InChI=1S/C20H26ClN3O4S/c1-6-12(2)16(22-18(26)28-20(3,4)5)17-23-24-19(27-17)29-11-15(25)13-7-9-14(21)10-8-13/h7-10,12,16H,6,11H2,1-5H3,(H,22,26)/t12?,16-/m0/s1. The van der Waals surface area contributed by atoms with Gasteiger partial charge in [0.15, 0.2) is 5.78 Å². The summed E-state index contributed by atoms with van der Waals surface area (Å²) in [6, 6.07) is 6.21. The van der Waals surface area contributed by atoms with Gasteiger partial charge in [0.1, 0.15) is 11.6 Å². The summed E-state index contributed by atoms with van der Waals surface area (Å²) >= 11 is 6.99. The Labute approximate surface area is 179 Å². The number of hydrogen-bond donors (Lipinski definition) is 1. The summed E-state index contributed by atoms with van der Waals surface area (Å²) in [5.74, 6) is 0.413. The van der Waals surface area contributed by atoms with Crippen LogP contribution in [0.25, 0.3) is 0 Å². The van der Waals surface area contributed by atoms with Crippen LogP contribution in [0, 0.1) is 5.92 Å². The molecule has 2 atom stereocenters. The molecule has 29 heavy (non-hydrogen) atoms. The zero-order valence-corrected chi connectivity index (χ0v) is 18.8. The third kappa shape index (κ3) is 7.36. The number of carbonyl (C=O) groups is 2. The number of carbonyl (C=O) groups excluding carboxylic acids is 2. The molecule has 1 amide bonds. The molecule has 1 unspecified atom stereocenters. The van der Waals surface area contributed by atoms with E-state index in [1.165, 1.54) is 0 Å². The summed E-state index contributed by atoms with van der Waals surface area (Å²) in [6.07, 6.45) is 0.244. The predicted octanol–water partition coefficient (Wildman–Crippen LogP) is 5.31. The van der Waals surface area contributed by atoms with Crippen molar-refractivity contribution in [3.63, 3.8) is 0 Å². The van der Waals surface area contributed by atoms with Gasteiger partial charge in [0.2, 0.25) is 5.89 Å². The summed E-state index contributed by atoms with van der Waals surface area (Å²) in [6.45, 7) is 9.37. The van der Waals surface area contributed by atoms with E-state index in [2.05, 4.69) is 15.5 Å². The van der Waals surface area contributed by atoms with Crippen LogP contribution in [-0.2, 0) is 4.74 Å². The number of amides is 1. The SMILES string of the molecule is CCC(C)[C@H](NC(=O)OC(C)(C)C)c1nnc(SCC(=O)c2ccc(Cl)cc2)o1. The first-order chi connectivity index (χ1) is 13.6. The van der Waals surface area contributed by atoms with Crippen LogP contribution in [0.15, 0.2) is 33.9 Å². The predicted molar refractivity (Wildman–Crippen MR) is 112 cm³/mol. The van der Waals surface area contributed by atoms with Crippen LogP contribution < -0.4 is 5.32 Å². The minimum absolute atomic E-state index is 0.0523. The normalized spacial score (nSPS) is 13.6. The molecular formula is C20H26ClN3O4S. The Bertz CT molecular complexity index is 833. The molecule has 1 heterocycles. The smallest absolute Gasteiger partial charge is 0.408 e. The number of thioether (sulfide) groups is 1. The van der Waals surface area contributed by atoms with Gasteiger partial charge in [-0.15, -0.1) is 10.2 Å². The molecule has 0 saturated carbocycles. The molecule has 0 radical (unpaired) electrons. The first-order valence-electron chi connectivity index (χ1n) is 9.33. The molecule has 1 N–H and O–H groups in total. The summed E-state index contributed by atoms with van der Waals surface area (Å²) in [7, 11) is 0. The van der Waals surface area contributed by atoms with Gasteiger partial charge in [-0.3, -0.25) is 4.79 Å². The molecule has 0 spiro atoms. The molecule has 158 valence electrons. The summed E-state index contributed by atoms with van der Waals surface area (Å²) < 4.78 is 11.0. The first kappa shape index (κ1) is 23.2. The molecule has 0 bridgehead atoms. The Hall–Kier alpha value is -2.06. The molecule has 2 aromatic rings. The Morgan fingerprint density at radius 3 is 2.48 bits per heavy atom. The van der Waals surface area contributed by atoms with E-state index in [-0.39, 0.29) is 28.6 Å². The van der Waals surface area contributed by atoms with Crippen LogP contribution >= 0.6 is 23.4 Å². The Balaban J connectivity index is 2.02. The van der Waals surface area contributed by atoms with Crippen molar-refractivity contribution in [3.05, 3.63) is 40.7 Å². The first-order valence-corrected chi connectivity index (χ1v) is 10.7. The van der Waals surface area contributed by atoms with E-state index in [9.17, 15) is 9.59 Å². The highest BCUT2D eigenvalue weighted by molar-refractivity contribution is 7.99. The van der Waals surface area contributed by atoms with Crippen molar-refractivity contribution >= 4 is 35.2 Å². The molecule has 2 rings (SSSR count). The van der Waals surface area contributed by atoms with Crippen molar-refractivity contribution < 1.29 is 18.7 Å². The minimum Gasteiger partial charge on any atom is -0.444 e. The monoisotopic (exact) mass is 439 g/mol. The number of halogens is 1. The molecule has 0 aliphatic rings. The number of nitrogens with one attached hydrogen (secondary N) is 1. The van der Waals surface area contributed by atoms with E-state index in [0.29, 0.717) is 10.6 Å². The van der Waals surface area contributed by atoms with Gasteiger partial charge < -0.3 is 14.5 Å². The maximum atomic E-state index is 12.3. The largest absolute Gasteiger partial charge is 0.444 e. The second-order valence-electron chi connectivity index (χ2n) is 7.63. The quantitative estimate of drug-likeness (QED) is 0.439. The van der Waals surface area contributed by atoms with E-state index in [1.807, 2.05) is 13.8 Å².